The van der Waals surface area contributed by atoms with E-state index in [2.05, 4.69) is 21.8 Å². The van der Waals surface area contributed by atoms with Crippen LogP contribution >= 0.6 is 0 Å². The third-order valence-corrected chi connectivity index (χ3v) is 4.72. The minimum absolute atomic E-state index is 0.0712. The second kappa shape index (κ2) is 7.44. The van der Waals surface area contributed by atoms with E-state index in [0.29, 0.717) is 44.8 Å². The van der Waals surface area contributed by atoms with Gasteiger partial charge in [-0.15, -0.1) is 0 Å². The first-order valence-electron chi connectivity index (χ1n) is 8.74. The Bertz CT molecular complexity index is 547. The lowest BCUT2D eigenvalue weighted by Crippen LogP contribution is -2.47. The van der Waals surface area contributed by atoms with Gasteiger partial charge in [-0.25, -0.2) is 9.97 Å². The zero-order valence-corrected chi connectivity index (χ0v) is 14.5. The predicted octanol–water partition coefficient (Wildman–Crippen LogP) is 1.69. The van der Waals surface area contributed by atoms with E-state index in [4.69, 9.17) is 9.47 Å². The molecule has 0 bridgehead atoms. The standard InChI is InChI=1S/C17H26N4O3/c1-3-4-7-20(2)15-13-18-14(12-19-15)16(22)21-8-5-17(6-9-21)23-10-11-24-17/h12-13H,3-11H2,1-2H3. The zero-order chi connectivity index (χ0) is 17.0. The predicted molar refractivity (Wildman–Crippen MR) is 90.0 cm³/mol. The van der Waals surface area contributed by atoms with Crippen molar-refractivity contribution in [3.63, 3.8) is 0 Å². The first-order chi connectivity index (χ1) is 11.6. The van der Waals surface area contributed by atoms with Crippen LogP contribution in [0.25, 0.3) is 0 Å². The van der Waals surface area contributed by atoms with Crippen LogP contribution in [0.2, 0.25) is 0 Å². The maximum Gasteiger partial charge on any atom is 0.274 e. The molecule has 2 aliphatic heterocycles. The molecule has 24 heavy (non-hydrogen) atoms. The van der Waals surface area contributed by atoms with Gasteiger partial charge in [-0.2, -0.15) is 0 Å². The molecule has 7 nitrogen and oxygen atoms in total. The molecule has 1 amide bonds. The monoisotopic (exact) mass is 334 g/mol. The van der Waals surface area contributed by atoms with Gasteiger partial charge in [0.15, 0.2) is 5.79 Å². The number of ether oxygens (including phenoxy) is 2. The van der Waals surface area contributed by atoms with Gasteiger partial charge < -0.3 is 19.3 Å². The number of anilines is 1. The van der Waals surface area contributed by atoms with Gasteiger partial charge in [-0.3, -0.25) is 4.79 Å². The summed E-state index contributed by atoms with van der Waals surface area (Å²) in [4.78, 5) is 25.1. The molecule has 1 aromatic rings. The van der Waals surface area contributed by atoms with Crippen LogP contribution in [-0.2, 0) is 9.47 Å². The van der Waals surface area contributed by atoms with Gasteiger partial charge in [0.1, 0.15) is 11.5 Å². The van der Waals surface area contributed by atoms with Crippen LogP contribution in [-0.4, -0.2) is 66.5 Å². The van der Waals surface area contributed by atoms with Crippen molar-refractivity contribution in [3.8, 4) is 0 Å². The number of unbranched alkanes of at least 4 members (excludes halogenated alkanes) is 1. The van der Waals surface area contributed by atoms with E-state index in [9.17, 15) is 4.79 Å². The number of piperidine rings is 1. The highest BCUT2D eigenvalue weighted by Gasteiger charge is 2.41. The Labute approximate surface area is 143 Å². The Hall–Kier alpha value is -1.73. The lowest BCUT2D eigenvalue weighted by atomic mass is 10.0. The highest BCUT2D eigenvalue weighted by Crippen LogP contribution is 2.31. The van der Waals surface area contributed by atoms with Crippen LogP contribution < -0.4 is 4.90 Å². The Morgan fingerprint density at radius 2 is 1.96 bits per heavy atom. The van der Waals surface area contributed by atoms with Crippen LogP contribution in [0, 0.1) is 0 Å². The second-order valence-electron chi connectivity index (χ2n) is 6.43. The average molecular weight is 334 g/mol. The number of nitrogens with zero attached hydrogens (tertiary/aromatic N) is 4. The van der Waals surface area contributed by atoms with E-state index >= 15 is 0 Å². The normalized spacial score (nSPS) is 19.7. The minimum Gasteiger partial charge on any atom is -0.358 e. The molecular formula is C17H26N4O3. The molecule has 3 heterocycles. The van der Waals surface area contributed by atoms with Crippen LogP contribution in [0.5, 0.6) is 0 Å². The Morgan fingerprint density at radius 1 is 1.25 bits per heavy atom. The molecule has 1 spiro atoms. The van der Waals surface area contributed by atoms with Gasteiger partial charge in [0, 0.05) is 39.5 Å². The molecule has 0 unspecified atom stereocenters. The summed E-state index contributed by atoms with van der Waals surface area (Å²) in [7, 11) is 1.99. The topological polar surface area (TPSA) is 67.8 Å². The lowest BCUT2D eigenvalue weighted by molar-refractivity contribution is -0.181. The molecule has 0 N–H and O–H groups in total. The van der Waals surface area contributed by atoms with Gasteiger partial charge in [0.05, 0.1) is 25.6 Å². The van der Waals surface area contributed by atoms with Gasteiger partial charge in [-0.1, -0.05) is 13.3 Å². The average Bonchev–Trinajstić information content (AvgIpc) is 3.08. The summed E-state index contributed by atoms with van der Waals surface area (Å²) in [6.45, 7) is 5.63. The van der Waals surface area contributed by atoms with E-state index in [1.54, 1.807) is 17.3 Å². The number of aromatic nitrogens is 2. The largest absolute Gasteiger partial charge is 0.358 e. The zero-order valence-electron chi connectivity index (χ0n) is 14.5. The summed E-state index contributed by atoms with van der Waals surface area (Å²) < 4.78 is 11.4. The van der Waals surface area contributed by atoms with Crippen molar-refractivity contribution in [2.24, 2.45) is 0 Å². The summed E-state index contributed by atoms with van der Waals surface area (Å²) >= 11 is 0. The molecule has 0 aliphatic carbocycles. The summed E-state index contributed by atoms with van der Waals surface area (Å²) in [5.74, 6) is 0.261. The van der Waals surface area contributed by atoms with E-state index in [0.717, 1.165) is 25.2 Å². The summed E-state index contributed by atoms with van der Waals surface area (Å²) in [6.07, 6.45) is 6.93. The molecule has 2 fully saturated rings. The SMILES string of the molecule is CCCCN(C)c1cnc(C(=O)N2CCC3(CC2)OCCO3)cn1. The van der Waals surface area contributed by atoms with Crippen LogP contribution in [0.1, 0.15) is 43.1 Å². The van der Waals surface area contributed by atoms with E-state index in [-0.39, 0.29) is 5.91 Å². The molecule has 0 radical (unpaired) electrons. The van der Waals surface area contributed by atoms with Crippen molar-refractivity contribution in [1.29, 1.82) is 0 Å². The third-order valence-electron chi connectivity index (χ3n) is 4.72. The smallest absolute Gasteiger partial charge is 0.274 e. The maximum absolute atomic E-state index is 12.6. The lowest BCUT2D eigenvalue weighted by Gasteiger charge is -2.37. The fourth-order valence-corrected chi connectivity index (χ4v) is 3.14. The molecule has 0 saturated carbocycles. The molecular weight excluding hydrogens is 308 g/mol. The Balaban J connectivity index is 1.57. The molecule has 7 heteroatoms. The van der Waals surface area contributed by atoms with Crippen LogP contribution in [0.15, 0.2) is 12.4 Å². The molecule has 1 aromatic heterocycles. The van der Waals surface area contributed by atoms with E-state index in [1.807, 2.05) is 7.05 Å². The minimum atomic E-state index is -0.464. The quantitative estimate of drug-likeness (QED) is 0.816. The van der Waals surface area contributed by atoms with Crippen molar-refractivity contribution >= 4 is 11.7 Å². The molecule has 2 saturated heterocycles. The molecule has 3 rings (SSSR count). The number of carbonyl (C=O) groups is 1. The highest BCUT2D eigenvalue weighted by atomic mass is 16.7. The van der Waals surface area contributed by atoms with Gasteiger partial charge in [0.25, 0.3) is 5.91 Å². The van der Waals surface area contributed by atoms with Crippen molar-refractivity contribution < 1.29 is 14.3 Å². The molecule has 0 atom stereocenters. The number of likely N-dealkylation sites (tertiary alicyclic amines) is 1. The number of hydrogen-bond acceptors (Lipinski definition) is 6. The number of rotatable bonds is 5. The fourth-order valence-electron chi connectivity index (χ4n) is 3.14. The van der Waals surface area contributed by atoms with E-state index < -0.39 is 5.79 Å². The van der Waals surface area contributed by atoms with E-state index in [1.165, 1.54) is 0 Å². The molecule has 0 aromatic carbocycles. The van der Waals surface area contributed by atoms with Gasteiger partial charge >= 0.3 is 0 Å². The third kappa shape index (κ3) is 3.67. The second-order valence-corrected chi connectivity index (χ2v) is 6.43. The van der Waals surface area contributed by atoms with Crippen LogP contribution in [0.4, 0.5) is 5.82 Å². The van der Waals surface area contributed by atoms with Crippen molar-refractivity contribution in [2.75, 3.05) is 44.8 Å². The first-order valence-corrected chi connectivity index (χ1v) is 8.74. The van der Waals surface area contributed by atoms with Crippen molar-refractivity contribution in [2.45, 2.75) is 38.4 Å². The Morgan fingerprint density at radius 3 is 2.54 bits per heavy atom. The molecule has 132 valence electrons. The highest BCUT2D eigenvalue weighted by molar-refractivity contribution is 5.92. The summed E-state index contributed by atoms with van der Waals surface area (Å²) in [5, 5.41) is 0. The first kappa shape index (κ1) is 17.1. The Kier molecular flexibility index (Phi) is 5.30. The van der Waals surface area contributed by atoms with Crippen molar-refractivity contribution in [1.82, 2.24) is 14.9 Å². The van der Waals surface area contributed by atoms with Crippen LogP contribution in [0.3, 0.4) is 0 Å². The van der Waals surface area contributed by atoms with Gasteiger partial charge in [-0.05, 0) is 6.42 Å². The number of carbonyl (C=O) groups excluding carboxylic acids is 1. The summed E-state index contributed by atoms with van der Waals surface area (Å²) in [5.41, 5.74) is 0.395. The van der Waals surface area contributed by atoms with Crippen molar-refractivity contribution in [3.05, 3.63) is 18.1 Å². The fraction of sp³-hybridized carbons (Fsp3) is 0.706. The summed E-state index contributed by atoms with van der Waals surface area (Å²) in [6, 6.07) is 0. The number of hydrogen-bond donors (Lipinski definition) is 0. The van der Waals surface area contributed by atoms with Gasteiger partial charge in [0.2, 0.25) is 0 Å². The maximum atomic E-state index is 12.6. The number of amides is 1. The molecule has 2 aliphatic rings.